The molecule has 144 valence electrons. The SMILES string of the molecule is CCOC(=O)CC[C@H](NC(=O)[C@@H](C)Oc1ccc(F)cc1)C(=O)OCC. The molecule has 0 radical (unpaired) electrons. The Labute approximate surface area is 151 Å². The molecule has 0 spiro atoms. The number of rotatable bonds is 10. The van der Waals surface area contributed by atoms with Gasteiger partial charge in [0.15, 0.2) is 6.10 Å². The normalized spacial score (nSPS) is 12.6. The Hall–Kier alpha value is -2.64. The van der Waals surface area contributed by atoms with E-state index in [1.54, 1.807) is 13.8 Å². The van der Waals surface area contributed by atoms with Gasteiger partial charge in [0.05, 0.1) is 13.2 Å². The van der Waals surface area contributed by atoms with Crippen LogP contribution >= 0.6 is 0 Å². The van der Waals surface area contributed by atoms with Crippen LogP contribution in [-0.2, 0) is 23.9 Å². The summed E-state index contributed by atoms with van der Waals surface area (Å²) >= 11 is 0. The molecule has 1 aromatic rings. The van der Waals surface area contributed by atoms with Crippen LogP contribution in [0, 0.1) is 5.82 Å². The van der Waals surface area contributed by atoms with Gasteiger partial charge in [0, 0.05) is 6.42 Å². The minimum absolute atomic E-state index is 0.0369. The predicted molar refractivity (Wildman–Crippen MR) is 90.9 cm³/mol. The van der Waals surface area contributed by atoms with Gasteiger partial charge in [-0.05, 0) is 51.5 Å². The number of hydrogen-bond donors (Lipinski definition) is 1. The highest BCUT2D eigenvalue weighted by atomic mass is 19.1. The maximum Gasteiger partial charge on any atom is 0.328 e. The van der Waals surface area contributed by atoms with Crippen molar-refractivity contribution in [2.24, 2.45) is 0 Å². The number of nitrogens with one attached hydrogen (secondary N) is 1. The lowest BCUT2D eigenvalue weighted by molar-refractivity contribution is -0.149. The lowest BCUT2D eigenvalue weighted by Crippen LogP contribution is -2.47. The lowest BCUT2D eigenvalue weighted by Gasteiger charge is -2.20. The Kier molecular flexibility index (Phi) is 9.11. The van der Waals surface area contributed by atoms with Crippen LogP contribution in [0.5, 0.6) is 5.75 Å². The van der Waals surface area contributed by atoms with Crippen LogP contribution in [0.3, 0.4) is 0 Å². The Morgan fingerprint density at radius 2 is 1.69 bits per heavy atom. The van der Waals surface area contributed by atoms with Crippen molar-refractivity contribution in [3.05, 3.63) is 30.1 Å². The van der Waals surface area contributed by atoms with Gasteiger partial charge in [-0.25, -0.2) is 9.18 Å². The molecule has 0 bridgehead atoms. The Balaban J connectivity index is 2.65. The molecule has 1 rings (SSSR count). The fourth-order valence-corrected chi connectivity index (χ4v) is 2.05. The molecule has 1 aromatic carbocycles. The summed E-state index contributed by atoms with van der Waals surface area (Å²) in [6.45, 7) is 5.19. The van der Waals surface area contributed by atoms with Gasteiger partial charge in [0.1, 0.15) is 17.6 Å². The third kappa shape index (κ3) is 7.50. The van der Waals surface area contributed by atoms with Gasteiger partial charge in [0.2, 0.25) is 0 Å². The summed E-state index contributed by atoms with van der Waals surface area (Å²) in [5.41, 5.74) is 0. The van der Waals surface area contributed by atoms with Crippen molar-refractivity contribution in [1.82, 2.24) is 5.32 Å². The first-order valence-electron chi connectivity index (χ1n) is 8.42. The molecule has 0 aliphatic heterocycles. The summed E-state index contributed by atoms with van der Waals surface area (Å²) in [5, 5.41) is 2.51. The minimum atomic E-state index is -0.994. The van der Waals surface area contributed by atoms with Gasteiger partial charge in [-0.2, -0.15) is 0 Å². The van der Waals surface area contributed by atoms with Crippen LogP contribution in [0.15, 0.2) is 24.3 Å². The van der Waals surface area contributed by atoms with Gasteiger partial charge in [-0.15, -0.1) is 0 Å². The number of carbonyl (C=O) groups is 3. The van der Waals surface area contributed by atoms with E-state index in [4.69, 9.17) is 14.2 Å². The fourth-order valence-electron chi connectivity index (χ4n) is 2.05. The maximum absolute atomic E-state index is 12.9. The monoisotopic (exact) mass is 369 g/mol. The zero-order valence-electron chi connectivity index (χ0n) is 15.1. The summed E-state index contributed by atoms with van der Waals surface area (Å²) in [4.78, 5) is 35.7. The van der Waals surface area contributed by atoms with Crippen molar-refractivity contribution in [2.45, 2.75) is 45.8 Å². The highest BCUT2D eigenvalue weighted by Gasteiger charge is 2.26. The van der Waals surface area contributed by atoms with E-state index in [9.17, 15) is 18.8 Å². The van der Waals surface area contributed by atoms with E-state index in [1.807, 2.05) is 0 Å². The van der Waals surface area contributed by atoms with Crippen molar-refractivity contribution >= 4 is 17.8 Å². The molecule has 2 atom stereocenters. The first-order chi connectivity index (χ1) is 12.4. The predicted octanol–water partition coefficient (Wildman–Crippen LogP) is 1.98. The Bertz CT molecular complexity index is 604. The molecule has 0 aliphatic carbocycles. The molecule has 7 nitrogen and oxygen atoms in total. The first kappa shape index (κ1) is 21.4. The molecular formula is C18H24FNO6. The number of benzene rings is 1. The largest absolute Gasteiger partial charge is 0.481 e. The zero-order chi connectivity index (χ0) is 19.5. The molecule has 8 heteroatoms. The van der Waals surface area contributed by atoms with E-state index in [0.717, 1.165) is 0 Å². The summed E-state index contributed by atoms with van der Waals surface area (Å²) in [6, 6.07) is 4.21. The summed E-state index contributed by atoms with van der Waals surface area (Å²) in [5.74, 6) is -1.77. The van der Waals surface area contributed by atoms with Gasteiger partial charge in [-0.1, -0.05) is 0 Å². The van der Waals surface area contributed by atoms with E-state index >= 15 is 0 Å². The molecule has 0 aliphatic rings. The van der Waals surface area contributed by atoms with E-state index < -0.39 is 35.8 Å². The Morgan fingerprint density at radius 1 is 1.08 bits per heavy atom. The molecule has 0 unspecified atom stereocenters. The van der Waals surface area contributed by atoms with Crippen LogP contribution in [0.25, 0.3) is 0 Å². The topological polar surface area (TPSA) is 90.9 Å². The van der Waals surface area contributed by atoms with Crippen molar-refractivity contribution in [3.8, 4) is 5.75 Å². The summed E-state index contributed by atoms with van der Waals surface area (Å²) in [7, 11) is 0. The van der Waals surface area contributed by atoms with Crippen LogP contribution < -0.4 is 10.1 Å². The van der Waals surface area contributed by atoms with E-state index in [1.165, 1.54) is 31.2 Å². The quantitative estimate of drug-likeness (QED) is 0.634. The molecule has 0 fully saturated rings. The number of amides is 1. The number of ether oxygens (including phenoxy) is 3. The van der Waals surface area contributed by atoms with Crippen LogP contribution in [0.4, 0.5) is 4.39 Å². The van der Waals surface area contributed by atoms with Crippen LogP contribution in [0.2, 0.25) is 0 Å². The number of esters is 2. The minimum Gasteiger partial charge on any atom is -0.481 e. The highest BCUT2D eigenvalue weighted by molar-refractivity contribution is 5.87. The third-order valence-electron chi connectivity index (χ3n) is 3.33. The smallest absolute Gasteiger partial charge is 0.328 e. The molecule has 26 heavy (non-hydrogen) atoms. The second kappa shape index (κ2) is 11.1. The van der Waals surface area contributed by atoms with E-state index in [0.29, 0.717) is 5.75 Å². The van der Waals surface area contributed by atoms with Crippen LogP contribution in [-0.4, -0.2) is 43.2 Å². The van der Waals surface area contributed by atoms with Crippen molar-refractivity contribution < 1.29 is 33.0 Å². The highest BCUT2D eigenvalue weighted by Crippen LogP contribution is 2.13. The van der Waals surface area contributed by atoms with Crippen molar-refractivity contribution in [3.63, 3.8) is 0 Å². The standard InChI is InChI=1S/C18H24FNO6/c1-4-24-16(21)11-10-15(18(23)25-5-2)20-17(22)12(3)26-14-8-6-13(19)7-9-14/h6-9,12,15H,4-5,10-11H2,1-3H3,(H,20,22)/t12-,15+/m1/s1. The lowest BCUT2D eigenvalue weighted by atomic mass is 10.1. The molecule has 0 aromatic heterocycles. The first-order valence-corrected chi connectivity index (χ1v) is 8.42. The van der Waals surface area contributed by atoms with Gasteiger partial charge in [0.25, 0.3) is 5.91 Å². The average molecular weight is 369 g/mol. The molecule has 1 amide bonds. The second-order valence-electron chi connectivity index (χ2n) is 5.37. The molecule has 0 saturated heterocycles. The van der Waals surface area contributed by atoms with Gasteiger partial charge in [-0.3, -0.25) is 9.59 Å². The maximum atomic E-state index is 12.9. The zero-order valence-corrected chi connectivity index (χ0v) is 15.1. The van der Waals surface area contributed by atoms with Gasteiger partial charge >= 0.3 is 11.9 Å². The van der Waals surface area contributed by atoms with Crippen molar-refractivity contribution in [2.75, 3.05) is 13.2 Å². The summed E-state index contributed by atoms with van der Waals surface area (Å²) in [6.07, 6.45) is -0.919. The average Bonchev–Trinajstić information content (AvgIpc) is 2.60. The number of carbonyl (C=O) groups excluding carboxylic acids is 3. The van der Waals surface area contributed by atoms with E-state index in [-0.39, 0.29) is 26.1 Å². The number of hydrogen-bond acceptors (Lipinski definition) is 6. The molecular weight excluding hydrogens is 345 g/mol. The van der Waals surface area contributed by atoms with Gasteiger partial charge < -0.3 is 19.5 Å². The van der Waals surface area contributed by atoms with E-state index in [2.05, 4.69) is 5.32 Å². The Morgan fingerprint density at radius 3 is 2.27 bits per heavy atom. The molecule has 1 N–H and O–H groups in total. The van der Waals surface area contributed by atoms with Crippen molar-refractivity contribution in [1.29, 1.82) is 0 Å². The molecule has 0 heterocycles. The van der Waals surface area contributed by atoms with Crippen LogP contribution in [0.1, 0.15) is 33.6 Å². The fraction of sp³-hybridized carbons (Fsp3) is 0.500. The summed E-state index contributed by atoms with van der Waals surface area (Å²) < 4.78 is 28.0. The number of halogens is 1. The third-order valence-corrected chi connectivity index (χ3v) is 3.33. The second-order valence-corrected chi connectivity index (χ2v) is 5.37. The molecule has 0 saturated carbocycles.